The van der Waals surface area contributed by atoms with Gasteiger partial charge in [-0.3, -0.25) is 4.79 Å². The topological polar surface area (TPSA) is 75.6 Å². The largest absolute Gasteiger partial charge is 0.474 e. The van der Waals surface area contributed by atoms with Crippen LogP contribution in [0.3, 0.4) is 0 Å². The van der Waals surface area contributed by atoms with E-state index in [1.165, 1.54) is 0 Å². The summed E-state index contributed by atoms with van der Waals surface area (Å²) in [6.07, 6.45) is 2.60. The van der Waals surface area contributed by atoms with Crippen LogP contribution < -0.4 is 5.32 Å². The highest BCUT2D eigenvalue weighted by Crippen LogP contribution is 2.05. The van der Waals surface area contributed by atoms with E-state index in [9.17, 15) is 9.59 Å². The van der Waals surface area contributed by atoms with Crippen molar-refractivity contribution in [3.8, 4) is 0 Å². The van der Waals surface area contributed by atoms with Crippen LogP contribution in [0.1, 0.15) is 6.42 Å². The molecule has 0 aromatic rings. The Labute approximate surface area is 75.4 Å². The number of carbonyl (C=O) groups excluding carboxylic acids is 1. The first kappa shape index (κ1) is 9.73. The van der Waals surface area contributed by atoms with Gasteiger partial charge in [0.15, 0.2) is 0 Å². The first-order chi connectivity index (χ1) is 6.20. The van der Waals surface area contributed by atoms with Crippen LogP contribution >= 0.6 is 0 Å². The van der Waals surface area contributed by atoms with Crippen molar-refractivity contribution in [2.24, 2.45) is 0 Å². The fourth-order valence-corrected chi connectivity index (χ4v) is 0.995. The maximum absolute atomic E-state index is 10.6. The van der Waals surface area contributed by atoms with Gasteiger partial charge in [-0.2, -0.15) is 0 Å². The summed E-state index contributed by atoms with van der Waals surface area (Å²) < 4.78 is 5.05. The Morgan fingerprint density at radius 2 is 2.38 bits per heavy atom. The smallest absolute Gasteiger partial charge is 0.394 e. The molecule has 1 heterocycles. The third-order valence-corrected chi connectivity index (χ3v) is 1.73. The van der Waals surface area contributed by atoms with Gasteiger partial charge in [-0.05, 0) is 6.42 Å². The maximum Gasteiger partial charge on any atom is 0.394 e. The Balaban J connectivity index is 2.29. The Morgan fingerprint density at radius 3 is 2.92 bits per heavy atom. The van der Waals surface area contributed by atoms with Crippen molar-refractivity contribution in [2.45, 2.75) is 6.42 Å². The zero-order valence-electron chi connectivity index (χ0n) is 7.08. The molecule has 0 fully saturated rings. The lowest BCUT2D eigenvalue weighted by atomic mass is 10.1. The van der Waals surface area contributed by atoms with Gasteiger partial charge in [0.05, 0.1) is 13.2 Å². The third kappa shape index (κ3) is 3.25. The van der Waals surface area contributed by atoms with Crippen molar-refractivity contribution in [3.05, 3.63) is 11.6 Å². The van der Waals surface area contributed by atoms with Gasteiger partial charge in [-0.25, -0.2) is 4.79 Å². The number of nitrogens with one attached hydrogen (secondary N) is 1. The summed E-state index contributed by atoms with van der Waals surface area (Å²) in [5.41, 5.74) is 1.01. The number of aliphatic carboxylic acids is 1. The van der Waals surface area contributed by atoms with E-state index in [2.05, 4.69) is 5.32 Å². The van der Waals surface area contributed by atoms with E-state index in [0.717, 1.165) is 12.0 Å². The molecule has 0 saturated heterocycles. The number of hydrogen-bond donors (Lipinski definition) is 2. The first-order valence-electron chi connectivity index (χ1n) is 3.97. The molecule has 0 aliphatic carbocycles. The monoisotopic (exact) mass is 185 g/mol. The van der Waals surface area contributed by atoms with Crippen LogP contribution in [0.5, 0.6) is 0 Å². The molecule has 5 heteroatoms. The van der Waals surface area contributed by atoms with Crippen molar-refractivity contribution in [2.75, 3.05) is 19.8 Å². The maximum atomic E-state index is 10.6. The molecule has 72 valence electrons. The second kappa shape index (κ2) is 4.61. The van der Waals surface area contributed by atoms with Gasteiger partial charge in [0.1, 0.15) is 0 Å². The molecule has 0 spiro atoms. The number of carboxylic acid groups (broad SMARTS) is 1. The summed E-state index contributed by atoms with van der Waals surface area (Å²) in [6, 6.07) is 0. The lowest BCUT2D eigenvalue weighted by Crippen LogP contribution is -2.32. The van der Waals surface area contributed by atoms with E-state index in [1.807, 2.05) is 6.08 Å². The highest BCUT2D eigenvalue weighted by molar-refractivity contribution is 6.31. The van der Waals surface area contributed by atoms with E-state index in [1.54, 1.807) is 0 Å². The Morgan fingerprint density at radius 1 is 1.62 bits per heavy atom. The Hall–Kier alpha value is -1.36. The molecule has 1 amide bonds. The van der Waals surface area contributed by atoms with Gasteiger partial charge in [-0.15, -0.1) is 0 Å². The molecule has 0 aromatic heterocycles. The molecule has 1 aliphatic heterocycles. The van der Waals surface area contributed by atoms with Gasteiger partial charge in [0.2, 0.25) is 0 Å². The normalized spacial score (nSPS) is 16.2. The van der Waals surface area contributed by atoms with Crippen molar-refractivity contribution < 1.29 is 19.4 Å². The van der Waals surface area contributed by atoms with Crippen LogP contribution in [0.2, 0.25) is 0 Å². The summed E-state index contributed by atoms with van der Waals surface area (Å²) in [6.45, 7) is 1.47. The van der Waals surface area contributed by atoms with E-state index in [0.29, 0.717) is 19.8 Å². The lowest BCUT2D eigenvalue weighted by Gasteiger charge is -2.13. The predicted molar refractivity (Wildman–Crippen MR) is 44.2 cm³/mol. The van der Waals surface area contributed by atoms with Crippen LogP contribution in [0.15, 0.2) is 11.6 Å². The van der Waals surface area contributed by atoms with Gasteiger partial charge in [0, 0.05) is 6.54 Å². The molecular formula is C8H11NO4. The van der Waals surface area contributed by atoms with Crippen LogP contribution in [0.4, 0.5) is 0 Å². The molecule has 0 bridgehead atoms. The summed E-state index contributed by atoms with van der Waals surface area (Å²) in [5, 5.41) is 10.5. The van der Waals surface area contributed by atoms with Crippen LogP contribution in [-0.2, 0) is 14.3 Å². The van der Waals surface area contributed by atoms with Crippen molar-refractivity contribution in [1.82, 2.24) is 5.32 Å². The predicted octanol–water partition coefficient (Wildman–Crippen LogP) is -0.466. The highest BCUT2D eigenvalue weighted by atomic mass is 16.5. The quantitative estimate of drug-likeness (QED) is 0.450. The summed E-state index contributed by atoms with van der Waals surface area (Å²) in [7, 11) is 0. The molecule has 0 unspecified atom stereocenters. The number of carbonyl (C=O) groups is 2. The molecule has 2 N–H and O–H groups in total. The number of hydrogen-bond acceptors (Lipinski definition) is 3. The SMILES string of the molecule is O=C(O)C(=O)NCC1=CCOCC1. The minimum atomic E-state index is -1.45. The summed E-state index contributed by atoms with van der Waals surface area (Å²) in [5.74, 6) is -2.42. The molecule has 0 atom stereocenters. The van der Waals surface area contributed by atoms with Crippen LogP contribution in [0, 0.1) is 0 Å². The second-order valence-electron chi connectivity index (χ2n) is 2.68. The number of carboxylic acids is 1. The molecule has 5 nitrogen and oxygen atoms in total. The van der Waals surface area contributed by atoms with E-state index in [-0.39, 0.29) is 0 Å². The first-order valence-corrected chi connectivity index (χ1v) is 3.97. The van der Waals surface area contributed by atoms with Crippen molar-refractivity contribution >= 4 is 11.9 Å². The Kier molecular flexibility index (Phi) is 3.45. The lowest BCUT2D eigenvalue weighted by molar-refractivity contribution is -0.150. The van der Waals surface area contributed by atoms with Crippen molar-refractivity contribution in [3.63, 3.8) is 0 Å². The van der Waals surface area contributed by atoms with Crippen LogP contribution in [0.25, 0.3) is 0 Å². The van der Waals surface area contributed by atoms with Gasteiger partial charge >= 0.3 is 11.9 Å². The number of rotatable bonds is 2. The Bertz CT molecular complexity index is 247. The fraction of sp³-hybridized carbons (Fsp3) is 0.500. The van der Waals surface area contributed by atoms with Gasteiger partial charge < -0.3 is 15.2 Å². The van der Waals surface area contributed by atoms with Crippen LogP contribution in [-0.4, -0.2) is 36.7 Å². The highest BCUT2D eigenvalue weighted by Gasteiger charge is 2.11. The average molecular weight is 185 g/mol. The molecular weight excluding hydrogens is 174 g/mol. The molecule has 1 aliphatic rings. The fourth-order valence-electron chi connectivity index (χ4n) is 0.995. The standard InChI is InChI=1S/C8H11NO4/c10-7(8(11)12)9-5-6-1-3-13-4-2-6/h1H,2-5H2,(H,9,10)(H,11,12). The molecule has 1 rings (SSSR count). The molecule has 0 saturated carbocycles. The second-order valence-corrected chi connectivity index (χ2v) is 2.68. The molecule has 0 aromatic carbocycles. The van der Waals surface area contributed by atoms with Crippen molar-refractivity contribution in [1.29, 1.82) is 0 Å². The van der Waals surface area contributed by atoms with Gasteiger partial charge in [0.25, 0.3) is 0 Å². The van der Waals surface area contributed by atoms with E-state index < -0.39 is 11.9 Å². The number of amides is 1. The van der Waals surface area contributed by atoms with E-state index in [4.69, 9.17) is 9.84 Å². The average Bonchev–Trinajstić information content (AvgIpc) is 2.15. The third-order valence-electron chi connectivity index (χ3n) is 1.73. The molecule has 13 heavy (non-hydrogen) atoms. The zero-order valence-corrected chi connectivity index (χ0v) is 7.08. The summed E-state index contributed by atoms with van der Waals surface area (Å²) in [4.78, 5) is 20.7. The minimum absolute atomic E-state index is 0.300. The summed E-state index contributed by atoms with van der Waals surface area (Å²) >= 11 is 0. The molecule has 0 radical (unpaired) electrons. The number of ether oxygens (including phenoxy) is 1. The zero-order chi connectivity index (χ0) is 9.68. The van der Waals surface area contributed by atoms with E-state index >= 15 is 0 Å². The van der Waals surface area contributed by atoms with Gasteiger partial charge in [-0.1, -0.05) is 11.6 Å². The minimum Gasteiger partial charge on any atom is -0.474 e.